The molecule has 0 aromatic heterocycles. The minimum atomic E-state index is -0.152. The van der Waals surface area contributed by atoms with Gasteiger partial charge in [-0.15, -0.1) is 0 Å². The molecule has 0 aliphatic carbocycles. The average Bonchev–Trinajstić information content (AvgIpc) is 2.57. The molecule has 0 unspecified atom stereocenters. The fraction of sp³-hybridized carbons (Fsp3) is 0.222. The Morgan fingerprint density at radius 1 is 0.750 bits per heavy atom. The molecular weight excluding hydrogens is 347 g/mol. The van der Waals surface area contributed by atoms with Crippen molar-refractivity contribution >= 4 is 35.0 Å². The summed E-state index contributed by atoms with van der Waals surface area (Å²) in [7, 11) is 0. The average molecular weight is 365 g/mol. The van der Waals surface area contributed by atoms with E-state index in [4.69, 9.17) is 23.2 Å². The van der Waals surface area contributed by atoms with E-state index in [1.807, 2.05) is 0 Å². The summed E-state index contributed by atoms with van der Waals surface area (Å²) in [6, 6.07) is 13.6. The van der Waals surface area contributed by atoms with Crippen molar-refractivity contribution in [2.24, 2.45) is 0 Å². The molecule has 0 aliphatic rings. The van der Waals surface area contributed by atoms with Gasteiger partial charge in [0.05, 0.1) is 0 Å². The summed E-state index contributed by atoms with van der Waals surface area (Å²) in [5, 5.41) is 6.72. The van der Waals surface area contributed by atoms with Crippen LogP contribution in [0.2, 0.25) is 10.0 Å². The lowest BCUT2D eigenvalue weighted by atomic mass is 10.2. The third kappa shape index (κ3) is 5.87. The third-order valence-electron chi connectivity index (χ3n) is 3.35. The van der Waals surface area contributed by atoms with Gasteiger partial charge in [0, 0.05) is 34.3 Å². The van der Waals surface area contributed by atoms with Crippen molar-refractivity contribution in [3.63, 3.8) is 0 Å². The lowest BCUT2D eigenvalue weighted by Crippen LogP contribution is -2.27. The quantitative estimate of drug-likeness (QED) is 0.731. The molecule has 2 amide bonds. The number of carbonyl (C=O) groups excluding carboxylic acids is 2. The van der Waals surface area contributed by atoms with Crippen molar-refractivity contribution in [2.75, 3.05) is 13.1 Å². The normalized spacial score (nSPS) is 10.2. The van der Waals surface area contributed by atoms with Crippen LogP contribution in [0, 0.1) is 0 Å². The van der Waals surface area contributed by atoms with Gasteiger partial charge in [-0.05, 0) is 49.2 Å². The monoisotopic (exact) mass is 364 g/mol. The number of unbranched alkanes of at least 4 members (excludes halogenated alkanes) is 1. The van der Waals surface area contributed by atoms with Gasteiger partial charge in [-0.3, -0.25) is 9.59 Å². The van der Waals surface area contributed by atoms with Crippen molar-refractivity contribution in [2.45, 2.75) is 12.8 Å². The van der Waals surface area contributed by atoms with Crippen LogP contribution >= 0.6 is 23.2 Å². The molecule has 0 aliphatic heterocycles. The van der Waals surface area contributed by atoms with Crippen LogP contribution in [0.5, 0.6) is 0 Å². The number of hydrogen-bond acceptors (Lipinski definition) is 2. The van der Waals surface area contributed by atoms with E-state index in [-0.39, 0.29) is 11.8 Å². The molecule has 24 heavy (non-hydrogen) atoms. The van der Waals surface area contributed by atoms with E-state index in [9.17, 15) is 9.59 Å². The van der Waals surface area contributed by atoms with Crippen molar-refractivity contribution in [1.82, 2.24) is 10.6 Å². The van der Waals surface area contributed by atoms with Gasteiger partial charge in [-0.25, -0.2) is 0 Å². The highest BCUT2D eigenvalue weighted by atomic mass is 35.5. The summed E-state index contributed by atoms with van der Waals surface area (Å²) in [5.74, 6) is -0.305. The van der Waals surface area contributed by atoms with Gasteiger partial charge >= 0.3 is 0 Å². The highest BCUT2D eigenvalue weighted by molar-refractivity contribution is 6.31. The first-order chi connectivity index (χ1) is 11.6. The van der Waals surface area contributed by atoms with Crippen LogP contribution in [0.25, 0.3) is 0 Å². The van der Waals surface area contributed by atoms with Crippen molar-refractivity contribution < 1.29 is 9.59 Å². The smallest absolute Gasteiger partial charge is 0.251 e. The Morgan fingerprint density at radius 2 is 1.17 bits per heavy atom. The number of amides is 2. The molecule has 0 spiro atoms. The van der Waals surface area contributed by atoms with Crippen LogP contribution in [-0.4, -0.2) is 24.9 Å². The van der Waals surface area contributed by atoms with Gasteiger partial charge in [0.1, 0.15) is 0 Å². The highest BCUT2D eigenvalue weighted by Crippen LogP contribution is 2.11. The first kappa shape index (κ1) is 18.3. The molecule has 0 heterocycles. The molecule has 0 saturated carbocycles. The predicted molar refractivity (Wildman–Crippen MR) is 96.8 cm³/mol. The van der Waals surface area contributed by atoms with Gasteiger partial charge < -0.3 is 10.6 Å². The molecule has 0 saturated heterocycles. The van der Waals surface area contributed by atoms with Gasteiger partial charge in [0.15, 0.2) is 0 Å². The van der Waals surface area contributed by atoms with Crippen LogP contribution in [0.15, 0.2) is 48.5 Å². The third-order valence-corrected chi connectivity index (χ3v) is 3.82. The largest absolute Gasteiger partial charge is 0.352 e. The summed E-state index contributed by atoms with van der Waals surface area (Å²) < 4.78 is 0. The fourth-order valence-electron chi connectivity index (χ4n) is 2.12. The van der Waals surface area contributed by atoms with E-state index < -0.39 is 0 Å². The molecule has 2 aromatic carbocycles. The number of rotatable bonds is 7. The summed E-state index contributed by atoms with van der Waals surface area (Å²) in [6.45, 7) is 1.08. The van der Waals surface area contributed by atoms with Gasteiger partial charge in [-0.1, -0.05) is 35.3 Å². The minimum absolute atomic E-state index is 0.152. The SMILES string of the molecule is O=C(NCCCCNC(=O)c1cccc(Cl)c1)c1cccc(Cl)c1. The van der Waals surface area contributed by atoms with Gasteiger partial charge in [-0.2, -0.15) is 0 Å². The van der Waals surface area contributed by atoms with Gasteiger partial charge in [0.25, 0.3) is 11.8 Å². The second-order valence-electron chi connectivity index (χ2n) is 5.24. The minimum Gasteiger partial charge on any atom is -0.352 e. The second kappa shape index (κ2) is 9.30. The number of benzene rings is 2. The lowest BCUT2D eigenvalue weighted by Gasteiger charge is -2.07. The Bertz CT molecular complexity index is 658. The molecule has 0 fully saturated rings. The molecular formula is C18H18Cl2N2O2. The van der Waals surface area contributed by atoms with Crippen LogP contribution < -0.4 is 10.6 Å². The summed E-state index contributed by atoms with van der Waals surface area (Å²) in [6.07, 6.45) is 1.53. The second-order valence-corrected chi connectivity index (χ2v) is 6.11. The van der Waals surface area contributed by atoms with E-state index in [1.54, 1.807) is 48.5 Å². The number of carbonyl (C=O) groups is 2. The maximum absolute atomic E-state index is 11.9. The molecule has 0 bridgehead atoms. The van der Waals surface area contributed by atoms with Gasteiger partial charge in [0.2, 0.25) is 0 Å². The molecule has 0 radical (unpaired) electrons. The summed E-state index contributed by atoms with van der Waals surface area (Å²) >= 11 is 11.7. The van der Waals surface area contributed by atoms with E-state index in [0.717, 1.165) is 12.8 Å². The number of hydrogen-bond donors (Lipinski definition) is 2. The molecule has 6 heteroatoms. The molecule has 2 aromatic rings. The number of nitrogens with one attached hydrogen (secondary N) is 2. The molecule has 4 nitrogen and oxygen atoms in total. The maximum atomic E-state index is 11.9. The van der Waals surface area contributed by atoms with Crippen LogP contribution in [-0.2, 0) is 0 Å². The molecule has 2 rings (SSSR count). The molecule has 126 valence electrons. The van der Waals surface area contributed by atoms with Crippen LogP contribution in [0.4, 0.5) is 0 Å². The predicted octanol–water partition coefficient (Wildman–Crippen LogP) is 3.93. The van der Waals surface area contributed by atoms with E-state index >= 15 is 0 Å². The highest BCUT2D eigenvalue weighted by Gasteiger charge is 2.06. The Balaban J connectivity index is 1.63. The lowest BCUT2D eigenvalue weighted by molar-refractivity contribution is 0.0939. The molecule has 2 N–H and O–H groups in total. The zero-order valence-corrected chi connectivity index (χ0v) is 14.5. The van der Waals surface area contributed by atoms with Crippen molar-refractivity contribution in [3.05, 3.63) is 69.7 Å². The summed E-state index contributed by atoms with van der Waals surface area (Å²) in [5.41, 5.74) is 1.08. The van der Waals surface area contributed by atoms with Crippen LogP contribution in [0.3, 0.4) is 0 Å². The zero-order valence-electron chi connectivity index (χ0n) is 13.0. The van der Waals surface area contributed by atoms with E-state index in [0.29, 0.717) is 34.3 Å². The first-order valence-corrected chi connectivity index (χ1v) is 8.39. The Morgan fingerprint density at radius 3 is 1.54 bits per heavy atom. The zero-order chi connectivity index (χ0) is 17.4. The van der Waals surface area contributed by atoms with Crippen LogP contribution in [0.1, 0.15) is 33.6 Å². The first-order valence-electron chi connectivity index (χ1n) is 7.64. The summed E-state index contributed by atoms with van der Waals surface area (Å²) in [4.78, 5) is 23.8. The van der Waals surface area contributed by atoms with E-state index in [2.05, 4.69) is 10.6 Å². The Labute approximate surface area is 151 Å². The van der Waals surface area contributed by atoms with E-state index in [1.165, 1.54) is 0 Å². The Hall–Kier alpha value is -2.04. The maximum Gasteiger partial charge on any atom is 0.251 e. The van der Waals surface area contributed by atoms with Crippen molar-refractivity contribution in [3.8, 4) is 0 Å². The Kier molecular flexibility index (Phi) is 7.09. The van der Waals surface area contributed by atoms with Crippen molar-refractivity contribution in [1.29, 1.82) is 0 Å². The standard InChI is InChI=1S/C18H18Cl2N2O2/c19-15-7-3-5-13(11-15)17(23)21-9-1-2-10-22-18(24)14-6-4-8-16(20)12-14/h3-8,11-12H,1-2,9-10H2,(H,21,23)(H,22,24). The topological polar surface area (TPSA) is 58.2 Å². The molecule has 0 atom stereocenters. The fourth-order valence-corrected chi connectivity index (χ4v) is 2.50. The number of halogens is 2.